The van der Waals surface area contributed by atoms with Crippen molar-refractivity contribution >= 4 is 88.2 Å². The van der Waals surface area contributed by atoms with Gasteiger partial charge < -0.3 is 18.9 Å². The topological polar surface area (TPSA) is 267 Å². The number of aryl methyl sites for hydroxylation is 2. The van der Waals surface area contributed by atoms with Crippen LogP contribution in [-0.2, 0) is 59.0 Å². The van der Waals surface area contributed by atoms with Gasteiger partial charge in [0.1, 0.15) is 34.8 Å². The Morgan fingerprint density at radius 3 is 1.27 bits per heavy atom. The second-order valence-corrected chi connectivity index (χ2v) is 20.1. The first-order chi connectivity index (χ1) is 36.0. The van der Waals surface area contributed by atoms with Crippen molar-refractivity contribution < 1.29 is 62.1 Å². The maximum absolute atomic E-state index is 13.4. The third kappa shape index (κ3) is 15.0. The van der Waals surface area contributed by atoms with Crippen molar-refractivity contribution in [2.24, 2.45) is 19.2 Å². The number of primary sulfonamides is 1. The number of hydrogen-bond acceptors (Lipinski definition) is 14. The number of rotatable bonds is 15. The molecule has 0 atom stereocenters. The molecule has 412 valence electrons. The van der Waals surface area contributed by atoms with Gasteiger partial charge in [-0.25, -0.2) is 45.4 Å². The molecule has 4 aromatic carbocycles. The van der Waals surface area contributed by atoms with Crippen LogP contribution in [0.4, 0.5) is 26.3 Å². The zero-order chi connectivity index (χ0) is 56.9. The summed E-state index contributed by atoms with van der Waals surface area (Å²) in [6, 6.07) is 21.7. The van der Waals surface area contributed by atoms with Crippen LogP contribution < -0.4 is 51.3 Å². The molecule has 4 heterocycles. The molecule has 77 heavy (non-hydrogen) atoms. The van der Waals surface area contributed by atoms with E-state index in [4.69, 9.17) is 37.8 Å². The van der Waals surface area contributed by atoms with Crippen LogP contribution in [0.3, 0.4) is 0 Å². The first-order valence-corrected chi connectivity index (χ1v) is 27.5. The van der Waals surface area contributed by atoms with Crippen LogP contribution in [0.15, 0.2) is 116 Å². The van der Waals surface area contributed by atoms with E-state index in [1.54, 1.807) is 48.5 Å². The number of imidazole rings is 2. The molecule has 0 aliphatic heterocycles. The van der Waals surface area contributed by atoms with E-state index in [0.717, 1.165) is 40.4 Å². The molecule has 0 fully saturated rings. The number of fused-ring (bicyclic) bond motifs is 2. The molecule has 0 aliphatic rings. The molecule has 8 rings (SSSR count). The number of nitrogens with one attached hydrogen (secondary N) is 1. The first-order valence-electron chi connectivity index (χ1n) is 21.3. The van der Waals surface area contributed by atoms with Gasteiger partial charge in [0.25, 0.3) is 11.1 Å². The third-order valence-corrected chi connectivity index (χ3v) is 12.7. The molecule has 0 bridgehead atoms. The van der Waals surface area contributed by atoms with Crippen LogP contribution in [0.2, 0.25) is 10.0 Å². The summed E-state index contributed by atoms with van der Waals surface area (Å²) >= 11 is 14.0. The molecule has 0 spiro atoms. The number of ether oxygens (including phenoxy) is 4. The quantitative estimate of drug-likeness (QED) is 0.0641. The van der Waals surface area contributed by atoms with Crippen molar-refractivity contribution in [1.29, 1.82) is 0 Å². The fourth-order valence-corrected chi connectivity index (χ4v) is 8.56. The Kier molecular flexibility index (Phi) is 18.3. The summed E-state index contributed by atoms with van der Waals surface area (Å²) in [5, 5.41) is 5.94. The minimum atomic E-state index is -4.94. The largest absolute Gasteiger partial charge is 0.573 e. The third-order valence-electron chi connectivity index (χ3n) is 10.3. The van der Waals surface area contributed by atoms with Gasteiger partial charge in [0.2, 0.25) is 20.0 Å². The van der Waals surface area contributed by atoms with Crippen molar-refractivity contribution in [3.63, 3.8) is 0 Å². The molecule has 0 amide bonds. The van der Waals surface area contributed by atoms with E-state index in [0.29, 0.717) is 30.3 Å². The second kappa shape index (κ2) is 23.8. The zero-order valence-corrected chi connectivity index (χ0v) is 45.1. The molecule has 0 unspecified atom stereocenters. The zero-order valence-electron chi connectivity index (χ0n) is 39.8. The lowest BCUT2D eigenvalue weighted by Gasteiger charge is -2.12. The highest BCUT2D eigenvalue weighted by Gasteiger charge is 2.33. The Bertz CT molecular complexity index is 3960. The summed E-state index contributed by atoms with van der Waals surface area (Å²) in [5.74, 6) is -3.39. The van der Waals surface area contributed by atoms with Gasteiger partial charge in [-0.3, -0.25) is 27.9 Å². The molecule has 22 nitrogen and oxygen atoms in total. The predicted molar refractivity (Wildman–Crippen MR) is 277 cm³/mol. The summed E-state index contributed by atoms with van der Waals surface area (Å²) in [4.78, 5) is 62.7. The second-order valence-electron chi connectivity index (χ2n) is 15.7. The summed E-state index contributed by atoms with van der Waals surface area (Å²) in [5.41, 5.74) is -3.39. The predicted octanol–water partition coefficient (Wildman–Crippen LogP) is 6.38. The fraction of sp³-hybridized carbons (Fsp3) is 0.227. The lowest BCUT2D eigenvalue weighted by molar-refractivity contribution is -0.275. The van der Waals surface area contributed by atoms with Crippen LogP contribution in [0, 0.1) is 0 Å². The SMILES string of the molecule is CI.CNS(=O)(=O)Cn1c(=O)c2c(nc(Oc3cccc(OC(F)(F)F)c3)n2Cc2ccc(Cl)cc2)n(C)c1=O.Cn1c(=O)n(CS(N)(=O)=O)c(=O)c2c1nc(Oc1cccc(OC(F)(F)F)c1)n2Cc1ccc(Cl)cc1. The van der Waals surface area contributed by atoms with Gasteiger partial charge in [0.15, 0.2) is 22.3 Å². The van der Waals surface area contributed by atoms with Gasteiger partial charge in [-0.1, -0.05) is 82.2 Å². The van der Waals surface area contributed by atoms with Crippen LogP contribution in [0.5, 0.6) is 35.0 Å². The van der Waals surface area contributed by atoms with Crippen LogP contribution in [0.25, 0.3) is 22.3 Å². The number of nitrogens with zero attached hydrogens (tertiary/aromatic N) is 8. The molecule has 33 heteroatoms. The Morgan fingerprint density at radius 1 is 0.584 bits per heavy atom. The van der Waals surface area contributed by atoms with E-state index in [1.165, 1.54) is 47.5 Å². The Labute approximate surface area is 453 Å². The lowest BCUT2D eigenvalue weighted by atomic mass is 10.2. The number of hydrogen-bond donors (Lipinski definition) is 2. The number of benzene rings is 4. The molecule has 3 N–H and O–H groups in total. The molecule has 4 aromatic heterocycles. The highest BCUT2D eigenvalue weighted by Crippen LogP contribution is 2.32. The van der Waals surface area contributed by atoms with E-state index in [9.17, 15) is 62.4 Å². The van der Waals surface area contributed by atoms with Crippen molar-refractivity contribution in [1.82, 2.24) is 42.1 Å². The number of aromatic nitrogens is 8. The van der Waals surface area contributed by atoms with Crippen LogP contribution >= 0.6 is 45.8 Å². The summed E-state index contributed by atoms with van der Waals surface area (Å²) < 4.78 is 150. The maximum atomic E-state index is 13.4. The van der Waals surface area contributed by atoms with Crippen molar-refractivity contribution in [3.8, 4) is 35.0 Å². The average Bonchev–Trinajstić information content (AvgIpc) is 3.92. The summed E-state index contributed by atoms with van der Waals surface area (Å²) in [6.07, 6.45) is -9.87. The molecule has 0 aliphatic carbocycles. The number of alkyl halides is 7. The normalized spacial score (nSPS) is 11.9. The van der Waals surface area contributed by atoms with Crippen molar-refractivity contribution in [2.45, 2.75) is 37.6 Å². The first kappa shape index (κ1) is 59.3. The monoisotopic (exact) mass is 1270 g/mol. The van der Waals surface area contributed by atoms with Crippen molar-refractivity contribution in [2.75, 3.05) is 12.0 Å². The molecule has 0 radical (unpaired) electrons. The summed E-state index contributed by atoms with van der Waals surface area (Å²) in [6.45, 7) is -0.113. The Balaban J connectivity index is 0.000000242. The van der Waals surface area contributed by atoms with Gasteiger partial charge in [-0.2, -0.15) is 9.97 Å². The van der Waals surface area contributed by atoms with Gasteiger partial charge in [0, 0.05) is 36.3 Å². The van der Waals surface area contributed by atoms with E-state index in [2.05, 4.69) is 42.0 Å². The summed E-state index contributed by atoms with van der Waals surface area (Å²) in [7, 11) is -4.62. The lowest BCUT2D eigenvalue weighted by Crippen LogP contribution is -2.43. The van der Waals surface area contributed by atoms with Crippen LogP contribution in [0.1, 0.15) is 11.1 Å². The van der Waals surface area contributed by atoms with Gasteiger partial charge >= 0.3 is 36.1 Å². The number of nitrogens with two attached hydrogens (primary N) is 1. The average molecular weight is 1280 g/mol. The highest BCUT2D eigenvalue weighted by molar-refractivity contribution is 14.1. The number of halogens is 9. The van der Waals surface area contributed by atoms with E-state index in [-0.39, 0.29) is 58.9 Å². The Hall–Kier alpha value is -6.91. The van der Waals surface area contributed by atoms with Crippen LogP contribution in [-0.4, -0.2) is 78.9 Å². The molecular weight excluding hydrogens is 1240 g/mol. The smallest absolute Gasteiger partial charge is 0.425 e. The molecular formula is C44H39Cl2F6IN10O12S2. The fourth-order valence-electron chi connectivity index (χ4n) is 7.02. The van der Waals surface area contributed by atoms with Gasteiger partial charge in [-0.15, -0.1) is 26.3 Å². The molecule has 0 saturated carbocycles. The standard InChI is InChI=1S/C22H19ClF3N5O6S.C21H17ClF3N5O6S.CH3I/c1-27-38(34,35)12-31-19(32)17-18(29(2)21(31)33)28-20(30(17)11-13-6-8-14(23)9-7-13)36-15-4-3-5-16(10-15)37-22(24,25)26;1-28-17-16(18(31)30(20(28)32)11-37(26,33)34)29(10-12-5-7-13(22)8-6-12)19(27-17)35-14-3-2-4-15(9-14)36-21(23,24)25;1-2/h3-10,27H,11-12H2,1-2H3;2-9H,10-11H2,1H3,(H2,26,33,34);1H3. The van der Waals surface area contributed by atoms with E-state index >= 15 is 0 Å². The Morgan fingerprint density at radius 2 is 0.935 bits per heavy atom. The minimum absolute atomic E-state index is 0.0477. The van der Waals surface area contributed by atoms with E-state index < -0.39 is 78.5 Å². The van der Waals surface area contributed by atoms with Gasteiger partial charge in [0.05, 0.1) is 13.1 Å². The number of sulfonamides is 2. The highest BCUT2D eigenvalue weighted by atomic mass is 127. The van der Waals surface area contributed by atoms with Crippen molar-refractivity contribution in [3.05, 3.63) is 160 Å². The minimum Gasteiger partial charge on any atom is -0.425 e. The van der Waals surface area contributed by atoms with Gasteiger partial charge in [-0.05, 0) is 71.6 Å². The van der Waals surface area contributed by atoms with E-state index in [1.807, 2.05) is 9.65 Å². The molecule has 8 aromatic rings. The molecule has 0 saturated heterocycles. The maximum Gasteiger partial charge on any atom is 0.573 e.